The molecule has 3 rings (SSSR count). The molecule has 25 heavy (non-hydrogen) atoms. The Kier molecular flexibility index (Phi) is 5.33. The number of para-hydroxylation sites is 1. The lowest BCUT2D eigenvalue weighted by atomic mass is 10.1. The van der Waals surface area contributed by atoms with Crippen molar-refractivity contribution in [3.8, 4) is 0 Å². The van der Waals surface area contributed by atoms with Crippen LogP contribution in [0.1, 0.15) is 39.3 Å². The van der Waals surface area contributed by atoms with Gasteiger partial charge in [0.1, 0.15) is 0 Å². The first-order valence-corrected chi connectivity index (χ1v) is 10.4. The summed E-state index contributed by atoms with van der Waals surface area (Å²) >= 11 is 0. The highest BCUT2D eigenvalue weighted by Crippen LogP contribution is 2.69. The molecule has 0 aliphatic carbocycles. The molecule has 0 spiro atoms. The molecule has 2 aromatic carbocycles. The molecule has 0 aromatic heterocycles. The van der Waals surface area contributed by atoms with E-state index in [1.54, 1.807) is 0 Å². The summed E-state index contributed by atoms with van der Waals surface area (Å²) in [5.41, 5.74) is 2.15. The minimum absolute atomic E-state index is 0.00747. The van der Waals surface area contributed by atoms with E-state index in [1.165, 1.54) is 0 Å². The maximum Gasteiger partial charge on any atom is 0.355 e. The van der Waals surface area contributed by atoms with Crippen molar-refractivity contribution in [3.63, 3.8) is 0 Å². The summed E-state index contributed by atoms with van der Waals surface area (Å²) in [5.74, 6) is -0.304. The number of benzene rings is 2. The highest BCUT2D eigenvalue weighted by Gasteiger charge is 2.61. The third-order valence-electron chi connectivity index (χ3n) is 4.01. The van der Waals surface area contributed by atoms with Crippen LogP contribution in [-0.2, 0) is 13.6 Å². The lowest BCUT2D eigenvalue weighted by Gasteiger charge is -2.23. The van der Waals surface area contributed by atoms with Crippen molar-refractivity contribution in [2.24, 2.45) is 0 Å². The van der Waals surface area contributed by atoms with E-state index in [0.29, 0.717) is 0 Å². The zero-order chi connectivity index (χ0) is 18.0. The number of rotatable bonds is 7. The number of hydrogen-bond donors (Lipinski definition) is 0. The molecular formula is C20H26NO3P. The molecule has 1 aliphatic rings. The molecule has 134 valence electrons. The quantitative estimate of drug-likeness (QED) is 0.475. The van der Waals surface area contributed by atoms with Crippen molar-refractivity contribution in [1.29, 1.82) is 0 Å². The topological polar surface area (TPSA) is 38.5 Å². The Labute approximate surface area is 150 Å². The third-order valence-corrected chi connectivity index (χ3v) is 6.62. The first kappa shape index (κ1) is 18.2. The Bertz CT molecular complexity index is 674. The molecule has 1 saturated heterocycles. The standard InChI is InChI=1S/C20H26NO3P/c1-15(2)23-25(22,24-16(3)4)20-19(17-11-7-5-8-12-17)21(20)18-13-9-6-10-14-18/h5-16,19-20H,1-4H3/t19-,20-,21?/m0/s1. The van der Waals surface area contributed by atoms with Gasteiger partial charge in [-0.25, -0.2) is 0 Å². The van der Waals surface area contributed by atoms with Gasteiger partial charge in [0, 0.05) is 5.69 Å². The second kappa shape index (κ2) is 7.33. The Hall–Kier alpha value is -1.61. The van der Waals surface area contributed by atoms with E-state index >= 15 is 0 Å². The Morgan fingerprint density at radius 1 is 0.840 bits per heavy atom. The van der Waals surface area contributed by atoms with Crippen molar-refractivity contribution in [3.05, 3.63) is 66.2 Å². The van der Waals surface area contributed by atoms with Crippen LogP contribution < -0.4 is 4.90 Å². The predicted octanol–water partition coefficient (Wildman–Crippen LogP) is 5.62. The maximum atomic E-state index is 13.7. The van der Waals surface area contributed by atoms with Crippen molar-refractivity contribution in [1.82, 2.24) is 0 Å². The van der Waals surface area contributed by atoms with E-state index in [2.05, 4.69) is 17.0 Å². The molecular weight excluding hydrogens is 333 g/mol. The van der Waals surface area contributed by atoms with Gasteiger partial charge in [-0.15, -0.1) is 0 Å². The van der Waals surface area contributed by atoms with Crippen LogP contribution in [0.25, 0.3) is 0 Å². The largest absolute Gasteiger partial charge is 0.355 e. The van der Waals surface area contributed by atoms with E-state index in [-0.39, 0.29) is 24.0 Å². The van der Waals surface area contributed by atoms with Crippen LogP contribution in [0.5, 0.6) is 0 Å². The molecule has 1 heterocycles. The first-order valence-electron chi connectivity index (χ1n) is 8.77. The van der Waals surface area contributed by atoms with Crippen molar-refractivity contribution in [2.75, 3.05) is 4.90 Å². The fourth-order valence-electron chi connectivity index (χ4n) is 3.18. The Balaban J connectivity index is 1.99. The summed E-state index contributed by atoms with van der Waals surface area (Å²) in [7, 11) is -3.31. The smallest absolute Gasteiger partial charge is 0.345 e. The monoisotopic (exact) mass is 359 g/mol. The van der Waals surface area contributed by atoms with Gasteiger partial charge in [0.2, 0.25) is 0 Å². The van der Waals surface area contributed by atoms with E-state index in [0.717, 1.165) is 11.3 Å². The number of anilines is 1. The van der Waals surface area contributed by atoms with Crippen LogP contribution in [-0.4, -0.2) is 18.0 Å². The van der Waals surface area contributed by atoms with Crippen LogP contribution in [0, 0.1) is 0 Å². The Morgan fingerprint density at radius 3 is 1.80 bits per heavy atom. The lowest BCUT2D eigenvalue weighted by molar-refractivity contribution is 0.141. The molecule has 1 fully saturated rings. The fourth-order valence-corrected chi connectivity index (χ4v) is 5.82. The van der Waals surface area contributed by atoms with Crippen molar-refractivity contribution < 1.29 is 13.6 Å². The highest BCUT2D eigenvalue weighted by atomic mass is 31.2. The summed E-state index contributed by atoms with van der Waals surface area (Å²) in [6.45, 7) is 7.57. The van der Waals surface area contributed by atoms with Gasteiger partial charge in [0.05, 0.1) is 18.2 Å². The van der Waals surface area contributed by atoms with Gasteiger partial charge in [-0.05, 0) is 45.4 Å². The van der Waals surface area contributed by atoms with E-state index in [9.17, 15) is 4.57 Å². The van der Waals surface area contributed by atoms with Gasteiger partial charge in [0.15, 0.2) is 5.78 Å². The normalized spacial score (nSPS) is 20.3. The van der Waals surface area contributed by atoms with Gasteiger partial charge < -0.3 is 13.9 Å². The maximum absolute atomic E-state index is 13.7. The van der Waals surface area contributed by atoms with Crippen molar-refractivity contribution in [2.45, 2.75) is 51.7 Å². The summed E-state index contributed by atoms with van der Waals surface area (Å²) < 4.78 is 25.4. The van der Waals surface area contributed by atoms with Gasteiger partial charge in [-0.2, -0.15) is 0 Å². The first-order chi connectivity index (χ1) is 11.9. The van der Waals surface area contributed by atoms with Gasteiger partial charge in [-0.3, -0.25) is 4.57 Å². The molecule has 0 saturated carbocycles. The molecule has 0 amide bonds. The van der Waals surface area contributed by atoms with Crippen LogP contribution in [0.2, 0.25) is 0 Å². The number of hydrogen-bond acceptors (Lipinski definition) is 4. The molecule has 4 nitrogen and oxygen atoms in total. The SMILES string of the molecule is CC(C)OP(=O)(OC(C)C)[C@H]1[C@H](c2ccccc2)N1c1ccccc1. The molecule has 0 unspecified atom stereocenters. The minimum atomic E-state index is -3.31. The zero-order valence-corrected chi connectivity index (χ0v) is 16.1. The summed E-state index contributed by atoms with van der Waals surface area (Å²) in [4.78, 5) is 2.14. The predicted molar refractivity (Wildman–Crippen MR) is 102 cm³/mol. The van der Waals surface area contributed by atoms with Crippen LogP contribution in [0.4, 0.5) is 5.69 Å². The van der Waals surface area contributed by atoms with Crippen molar-refractivity contribution >= 4 is 13.3 Å². The molecule has 0 N–H and O–H groups in total. The summed E-state index contributed by atoms with van der Waals surface area (Å²) in [5, 5.41) is 0. The Morgan fingerprint density at radius 2 is 1.32 bits per heavy atom. The third kappa shape index (κ3) is 3.98. The average Bonchev–Trinajstić information content (AvgIpc) is 3.31. The zero-order valence-electron chi connectivity index (χ0n) is 15.2. The van der Waals surface area contributed by atoms with Gasteiger partial charge in [-0.1, -0.05) is 48.5 Å². The second-order valence-corrected chi connectivity index (χ2v) is 8.89. The highest BCUT2D eigenvalue weighted by molar-refractivity contribution is 7.55. The summed E-state index contributed by atoms with van der Waals surface area (Å²) in [6, 6.07) is 20.1. The van der Waals surface area contributed by atoms with Crippen LogP contribution >= 0.6 is 7.60 Å². The van der Waals surface area contributed by atoms with E-state index in [1.807, 2.05) is 76.2 Å². The minimum Gasteiger partial charge on any atom is -0.345 e. The fraction of sp³-hybridized carbons (Fsp3) is 0.400. The molecule has 0 bridgehead atoms. The molecule has 1 aliphatic heterocycles. The average molecular weight is 359 g/mol. The molecule has 0 radical (unpaired) electrons. The van der Waals surface area contributed by atoms with Gasteiger partial charge >= 0.3 is 7.60 Å². The van der Waals surface area contributed by atoms with E-state index in [4.69, 9.17) is 9.05 Å². The van der Waals surface area contributed by atoms with E-state index < -0.39 is 7.60 Å². The number of nitrogens with zero attached hydrogens (tertiary/aromatic N) is 1. The molecule has 5 heteroatoms. The summed E-state index contributed by atoms with van der Waals surface area (Å²) in [6.07, 6.45) is -0.335. The van der Waals surface area contributed by atoms with Gasteiger partial charge in [0.25, 0.3) is 0 Å². The molecule has 2 atom stereocenters. The second-order valence-electron chi connectivity index (χ2n) is 6.86. The lowest BCUT2D eigenvalue weighted by Crippen LogP contribution is -2.13. The van der Waals surface area contributed by atoms with Crippen LogP contribution in [0.3, 0.4) is 0 Å². The van der Waals surface area contributed by atoms with Crippen LogP contribution in [0.15, 0.2) is 60.7 Å². The molecule has 2 aromatic rings.